The number of aryl methyl sites for hydroxylation is 2. The van der Waals surface area contributed by atoms with E-state index in [1.54, 1.807) is 0 Å². The number of hydrogen-bond acceptors (Lipinski definition) is 3. The summed E-state index contributed by atoms with van der Waals surface area (Å²) >= 11 is 0. The summed E-state index contributed by atoms with van der Waals surface area (Å²) in [7, 11) is 0. The average molecular weight is 352 g/mol. The molecule has 0 spiro atoms. The van der Waals surface area contributed by atoms with Crippen LogP contribution in [-0.4, -0.2) is 43.0 Å². The third-order valence-corrected chi connectivity index (χ3v) is 4.41. The Morgan fingerprint density at radius 1 is 1.00 bits per heavy atom. The van der Waals surface area contributed by atoms with Crippen LogP contribution in [-0.2, 0) is 16.0 Å². The zero-order chi connectivity index (χ0) is 18.5. The number of amides is 2. The summed E-state index contributed by atoms with van der Waals surface area (Å²) in [6, 6.07) is 13.2. The van der Waals surface area contributed by atoms with Gasteiger partial charge in [0.2, 0.25) is 5.91 Å². The summed E-state index contributed by atoms with van der Waals surface area (Å²) in [5, 5.41) is 2.91. The number of hydrogen-bond donors (Lipinski definition) is 1. The Hall–Kier alpha value is -2.66. The minimum Gasteiger partial charge on any atom is -0.378 e. The van der Waals surface area contributed by atoms with Gasteiger partial charge in [-0.15, -0.1) is 0 Å². The van der Waals surface area contributed by atoms with Gasteiger partial charge in [-0.25, -0.2) is 0 Å². The smallest absolute Gasteiger partial charge is 0.255 e. The summed E-state index contributed by atoms with van der Waals surface area (Å²) in [5.74, 6) is -0.0192. The van der Waals surface area contributed by atoms with Crippen LogP contribution in [0.4, 0.5) is 5.69 Å². The predicted molar refractivity (Wildman–Crippen MR) is 101 cm³/mol. The predicted octanol–water partition coefficient (Wildman–Crippen LogP) is 2.96. The molecule has 1 heterocycles. The second-order valence-electron chi connectivity index (χ2n) is 6.70. The summed E-state index contributed by atoms with van der Waals surface area (Å²) < 4.78 is 5.27. The molecule has 0 atom stereocenters. The molecule has 5 heteroatoms. The van der Waals surface area contributed by atoms with Gasteiger partial charge in [0.05, 0.1) is 19.6 Å². The first kappa shape index (κ1) is 18.1. The average Bonchev–Trinajstić information content (AvgIpc) is 2.63. The van der Waals surface area contributed by atoms with Gasteiger partial charge in [-0.05, 0) is 43.7 Å². The van der Waals surface area contributed by atoms with Crippen LogP contribution in [0.25, 0.3) is 0 Å². The summed E-state index contributed by atoms with van der Waals surface area (Å²) in [6.07, 6.45) is 0.366. The fourth-order valence-electron chi connectivity index (χ4n) is 3.11. The fourth-order valence-corrected chi connectivity index (χ4v) is 3.11. The van der Waals surface area contributed by atoms with E-state index in [1.807, 2.05) is 61.2 Å². The molecular weight excluding hydrogens is 328 g/mol. The maximum atomic E-state index is 12.4. The number of nitrogens with one attached hydrogen (secondary N) is 1. The van der Waals surface area contributed by atoms with Gasteiger partial charge in [0.1, 0.15) is 0 Å². The molecule has 3 rings (SSSR count). The van der Waals surface area contributed by atoms with Crippen molar-refractivity contribution in [2.45, 2.75) is 20.3 Å². The third-order valence-electron chi connectivity index (χ3n) is 4.41. The van der Waals surface area contributed by atoms with Crippen LogP contribution in [0.3, 0.4) is 0 Å². The number of rotatable bonds is 4. The Kier molecular flexibility index (Phi) is 5.68. The van der Waals surface area contributed by atoms with Gasteiger partial charge in [0.15, 0.2) is 0 Å². The van der Waals surface area contributed by atoms with E-state index >= 15 is 0 Å². The molecule has 1 N–H and O–H groups in total. The lowest BCUT2D eigenvalue weighted by atomic mass is 10.1. The number of morpholine rings is 1. The summed E-state index contributed by atoms with van der Waals surface area (Å²) in [5.41, 5.74) is 4.43. The van der Waals surface area contributed by atoms with Gasteiger partial charge in [-0.3, -0.25) is 9.59 Å². The lowest BCUT2D eigenvalue weighted by Gasteiger charge is -2.26. The van der Waals surface area contributed by atoms with Gasteiger partial charge in [-0.2, -0.15) is 0 Å². The Labute approximate surface area is 154 Å². The summed E-state index contributed by atoms with van der Waals surface area (Å²) in [6.45, 7) is 6.48. The maximum absolute atomic E-state index is 12.4. The minimum atomic E-state index is -0.131. The van der Waals surface area contributed by atoms with Crippen LogP contribution in [0.1, 0.15) is 27.0 Å². The Balaban J connectivity index is 1.60. The highest BCUT2D eigenvalue weighted by Gasteiger charge is 2.17. The van der Waals surface area contributed by atoms with E-state index in [0.717, 1.165) is 22.4 Å². The molecule has 1 fully saturated rings. The number of carbonyl (C=O) groups is 2. The Morgan fingerprint density at radius 3 is 2.23 bits per heavy atom. The molecule has 1 aliphatic rings. The Morgan fingerprint density at radius 2 is 1.62 bits per heavy atom. The van der Waals surface area contributed by atoms with E-state index in [4.69, 9.17) is 4.74 Å². The van der Waals surface area contributed by atoms with Crippen molar-refractivity contribution in [3.63, 3.8) is 0 Å². The van der Waals surface area contributed by atoms with Gasteiger partial charge in [0, 0.05) is 24.3 Å². The van der Waals surface area contributed by atoms with E-state index in [9.17, 15) is 9.59 Å². The van der Waals surface area contributed by atoms with Crippen molar-refractivity contribution in [3.05, 3.63) is 64.7 Å². The van der Waals surface area contributed by atoms with Crippen molar-refractivity contribution in [1.29, 1.82) is 0 Å². The second kappa shape index (κ2) is 8.15. The SMILES string of the molecule is Cc1cc(C)cc(C(=O)Nc2ccc(CC(=O)N3CCOCC3)cc2)c1. The lowest BCUT2D eigenvalue weighted by molar-refractivity contribution is -0.134. The summed E-state index contributed by atoms with van der Waals surface area (Å²) in [4.78, 5) is 26.5. The first-order valence-electron chi connectivity index (χ1n) is 8.85. The van der Waals surface area contributed by atoms with Gasteiger partial charge >= 0.3 is 0 Å². The topological polar surface area (TPSA) is 58.6 Å². The molecule has 0 aromatic heterocycles. The normalized spacial score (nSPS) is 14.2. The van der Waals surface area contributed by atoms with E-state index < -0.39 is 0 Å². The zero-order valence-electron chi connectivity index (χ0n) is 15.2. The highest BCUT2D eigenvalue weighted by atomic mass is 16.5. The highest BCUT2D eigenvalue weighted by molar-refractivity contribution is 6.04. The molecule has 2 aromatic carbocycles. The van der Waals surface area contributed by atoms with Gasteiger partial charge in [-0.1, -0.05) is 29.3 Å². The van der Waals surface area contributed by atoms with Crippen LogP contribution in [0, 0.1) is 13.8 Å². The highest BCUT2D eigenvalue weighted by Crippen LogP contribution is 2.15. The van der Waals surface area contributed by atoms with Crippen LogP contribution < -0.4 is 5.32 Å². The molecule has 26 heavy (non-hydrogen) atoms. The van der Waals surface area contributed by atoms with Crippen LogP contribution in [0.2, 0.25) is 0 Å². The Bertz CT molecular complexity index is 773. The van der Waals surface area contributed by atoms with Crippen molar-refractivity contribution in [2.24, 2.45) is 0 Å². The van der Waals surface area contributed by atoms with Crippen molar-refractivity contribution >= 4 is 17.5 Å². The van der Waals surface area contributed by atoms with Crippen LogP contribution >= 0.6 is 0 Å². The molecular formula is C21H24N2O3. The van der Waals surface area contributed by atoms with Crippen molar-refractivity contribution in [1.82, 2.24) is 4.90 Å². The molecule has 0 unspecified atom stereocenters. The number of benzene rings is 2. The molecule has 0 bridgehead atoms. The molecule has 2 aromatic rings. The van der Waals surface area contributed by atoms with E-state index in [2.05, 4.69) is 5.32 Å². The standard InChI is InChI=1S/C21H24N2O3/c1-15-11-16(2)13-18(12-15)21(25)22-19-5-3-17(4-6-19)14-20(24)23-7-9-26-10-8-23/h3-6,11-13H,7-10,14H2,1-2H3,(H,22,25). The number of nitrogens with zero attached hydrogens (tertiary/aromatic N) is 1. The molecule has 0 aliphatic carbocycles. The van der Waals surface area contributed by atoms with Crippen molar-refractivity contribution in [2.75, 3.05) is 31.6 Å². The van der Waals surface area contributed by atoms with Crippen LogP contribution in [0.5, 0.6) is 0 Å². The molecule has 136 valence electrons. The van der Waals surface area contributed by atoms with E-state index in [-0.39, 0.29) is 11.8 Å². The molecule has 2 amide bonds. The number of ether oxygens (including phenoxy) is 1. The molecule has 0 saturated carbocycles. The third kappa shape index (κ3) is 4.70. The van der Waals surface area contributed by atoms with Crippen molar-refractivity contribution < 1.29 is 14.3 Å². The monoisotopic (exact) mass is 352 g/mol. The first-order valence-corrected chi connectivity index (χ1v) is 8.85. The minimum absolute atomic E-state index is 0.111. The lowest BCUT2D eigenvalue weighted by Crippen LogP contribution is -2.41. The largest absolute Gasteiger partial charge is 0.378 e. The quantitative estimate of drug-likeness (QED) is 0.920. The molecule has 0 radical (unpaired) electrons. The first-order chi connectivity index (χ1) is 12.5. The van der Waals surface area contributed by atoms with E-state index in [1.165, 1.54) is 0 Å². The fraction of sp³-hybridized carbons (Fsp3) is 0.333. The molecule has 5 nitrogen and oxygen atoms in total. The van der Waals surface area contributed by atoms with Gasteiger partial charge in [0.25, 0.3) is 5.91 Å². The zero-order valence-corrected chi connectivity index (χ0v) is 15.2. The van der Waals surface area contributed by atoms with E-state index in [0.29, 0.717) is 38.3 Å². The number of carbonyl (C=O) groups excluding carboxylic acids is 2. The second-order valence-corrected chi connectivity index (χ2v) is 6.70. The molecule has 1 saturated heterocycles. The van der Waals surface area contributed by atoms with Gasteiger partial charge < -0.3 is 15.0 Å². The number of anilines is 1. The molecule has 1 aliphatic heterocycles. The maximum Gasteiger partial charge on any atom is 0.255 e. The van der Waals surface area contributed by atoms with Crippen LogP contribution in [0.15, 0.2) is 42.5 Å². The van der Waals surface area contributed by atoms with Crippen molar-refractivity contribution in [3.8, 4) is 0 Å².